The Morgan fingerprint density at radius 1 is 1.20 bits per heavy atom. The summed E-state index contributed by atoms with van der Waals surface area (Å²) in [7, 11) is 0. The van der Waals surface area contributed by atoms with Gasteiger partial charge in [0.2, 0.25) is 0 Å². The van der Waals surface area contributed by atoms with Crippen LogP contribution in [-0.4, -0.2) is 38.1 Å². The van der Waals surface area contributed by atoms with Crippen LogP contribution < -0.4 is 15.1 Å². The van der Waals surface area contributed by atoms with Crippen LogP contribution in [0.3, 0.4) is 0 Å². The first-order chi connectivity index (χ1) is 12.0. The minimum atomic E-state index is -0.354. The van der Waals surface area contributed by atoms with E-state index in [1.807, 2.05) is 25.1 Å². The zero-order chi connectivity index (χ0) is 17.8. The van der Waals surface area contributed by atoms with E-state index in [0.29, 0.717) is 5.69 Å². The third-order valence-corrected chi connectivity index (χ3v) is 4.91. The predicted octanol–water partition coefficient (Wildman–Crippen LogP) is 2.21. The highest BCUT2D eigenvalue weighted by Crippen LogP contribution is 2.19. The summed E-state index contributed by atoms with van der Waals surface area (Å²) in [6, 6.07) is 13.6. The van der Waals surface area contributed by atoms with E-state index in [2.05, 4.69) is 16.3 Å². The predicted molar refractivity (Wildman–Crippen MR) is 98.9 cm³/mol. The number of nitrogens with zero attached hydrogens (tertiary/aromatic N) is 1. The molecule has 3 rings (SSSR count). The van der Waals surface area contributed by atoms with E-state index in [0.717, 1.165) is 36.9 Å². The van der Waals surface area contributed by atoms with E-state index < -0.39 is 0 Å². The van der Waals surface area contributed by atoms with Crippen LogP contribution in [-0.2, 0) is 4.79 Å². The number of hydrogen-bond donors (Lipinski definition) is 2. The van der Waals surface area contributed by atoms with Gasteiger partial charge in [-0.25, -0.2) is 4.39 Å². The topological polar surface area (TPSA) is 36.8 Å². The molecule has 4 nitrogen and oxygen atoms in total. The third-order valence-electron chi connectivity index (χ3n) is 4.68. The molecule has 1 amide bonds. The Bertz CT molecular complexity index is 747. The van der Waals surface area contributed by atoms with Crippen molar-refractivity contribution in [3.8, 4) is 0 Å². The summed E-state index contributed by atoms with van der Waals surface area (Å²) in [6.07, 6.45) is 0. The smallest absolute Gasteiger partial charge is 0.282 e. The molecule has 132 valence electrons. The molecular formula is C19H22ClFN3O+. The van der Waals surface area contributed by atoms with Crippen molar-refractivity contribution in [3.63, 3.8) is 0 Å². The number of nitrogens with one attached hydrogen (secondary N) is 2. The zero-order valence-corrected chi connectivity index (χ0v) is 14.9. The Morgan fingerprint density at radius 3 is 2.60 bits per heavy atom. The van der Waals surface area contributed by atoms with Crippen molar-refractivity contribution in [1.29, 1.82) is 0 Å². The molecule has 0 aliphatic carbocycles. The van der Waals surface area contributed by atoms with Crippen molar-refractivity contribution in [2.45, 2.75) is 13.0 Å². The van der Waals surface area contributed by atoms with E-state index >= 15 is 0 Å². The lowest BCUT2D eigenvalue weighted by Crippen LogP contribution is -3.19. The van der Waals surface area contributed by atoms with Gasteiger partial charge in [0.15, 0.2) is 6.04 Å². The Hall–Kier alpha value is -2.11. The number of carbonyl (C=O) groups is 1. The monoisotopic (exact) mass is 362 g/mol. The van der Waals surface area contributed by atoms with Crippen LogP contribution in [0.15, 0.2) is 48.5 Å². The summed E-state index contributed by atoms with van der Waals surface area (Å²) < 4.78 is 13.2. The fraction of sp³-hybridized carbons (Fsp3) is 0.316. The maximum absolute atomic E-state index is 13.2. The summed E-state index contributed by atoms with van der Waals surface area (Å²) in [6.45, 7) is 5.38. The first kappa shape index (κ1) is 17.7. The van der Waals surface area contributed by atoms with Crippen molar-refractivity contribution in [3.05, 3.63) is 59.4 Å². The van der Waals surface area contributed by atoms with Crippen LogP contribution in [0.2, 0.25) is 5.02 Å². The highest BCUT2D eigenvalue weighted by atomic mass is 35.5. The van der Waals surface area contributed by atoms with Gasteiger partial charge in [-0.15, -0.1) is 0 Å². The molecule has 1 heterocycles. The molecule has 0 saturated carbocycles. The number of carbonyl (C=O) groups excluding carboxylic acids is 1. The Kier molecular flexibility index (Phi) is 5.56. The van der Waals surface area contributed by atoms with E-state index in [9.17, 15) is 9.18 Å². The summed E-state index contributed by atoms with van der Waals surface area (Å²) in [5.74, 6) is -0.440. The second-order valence-corrected chi connectivity index (χ2v) is 6.78. The number of hydrogen-bond acceptors (Lipinski definition) is 2. The Balaban J connectivity index is 1.56. The Morgan fingerprint density at radius 2 is 1.92 bits per heavy atom. The molecule has 0 unspecified atom stereocenters. The first-order valence-electron chi connectivity index (χ1n) is 8.44. The summed E-state index contributed by atoms with van der Waals surface area (Å²) >= 11 is 6.06. The van der Waals surface area contributed by atoms with Gasteiger partial charge < -0.3 is 15.1 Å². The SMILES string of the molecule is C[C@H](C(=O)Nc1cccc(F)c1)[NH+]1CCN(c2cccc(Cl)c2)CC1. The molecule has 1 aliphatic rings. The van der Waals surface area contributed by atoms with E-state index in [4.69, 9.17) is 11.6 Å². The van der Waals surface area contributed by atoms with Gasteiger partial charge in [-0.3, -0.25) is 4.79 Å². The summed E-state index contributed by atoms with van der Waals surface area (Å²) in [4.78, 5) is 15.9. The molecule has 2 aromatic carbocycles. The highest BCUT2D eigenvalue weighted by molar-refractivity contribution is 6.30. The number of anilines is 2. The van der Waals surface area contributed by atoms with Gasteiger partial charge in [0.05, 0.1) is 26.2 Å². The molecule has 1 fully saturated rings. The van der Waals surface area contributed by atoms with Gasteiger partial charge in [-0.1, -0.05) is 23.7 Å². The van der Waals surface area contributed by atoms with Gasteiger partial charge in [0.1, 0.15) is 5.82 Å². The Labute approximate surface area is 152 Å². The average molecular weight is 363 g/mol. The fourth-order valence-electron chi connectivity index (χ4n) is 3.16. The van der Waals surface area contributed by atoms with E-state index in [-0.39, 0.29) is 17.8 Å². The normalized spacial score (nSPS) is 16.5. The molecular weight excluding hydrogens is 341 g/mol. The molecule has 1 atom stereocenters. The van der Waals surface area contributed by atoms with Gasteiger partial charge in [-0.05, 0) is 43.3 Å². The highest BCUT2D eigenvalue weighted by Gasteiger charge is 2.29. The maximum Gasteiger partial charge on any atom is 0.282 e. The number of benzene rings is 2. The van der Waals surface area contributed by atoms with E-state index in [1.54, 1.807) is 12.1 Å². The van der Waals surface area contributed by atoms with Gasteiger partial charge >= 0.3 is 0 Å². The van der Waals surface area contributed by atoms with Gasteiger partial charge in [0, 0.05) is 16.4 Å². The molecule has 25 heavy (non-hydrogen) atoms. The lowest BCUT2D eigenvalue weighted by molar-refractivity contribution is -0.914. The molecule has 0 bridgehead atoms. The van der Waals surface area contributed by atoms with Crippen LogP contribution in [0.25, 0.3) is 0 Å². The molecule has 2 N–H and O–H groups in total. The quantitative estimate of drug-likeness (QED) is 0.875. The van der Waals surface area contributed by atoms with Gasteiger partial charge in [0.25, 0.3) is 5.91 Å². The number of quaternary nitrogens is 1. The molecule has 0 spiro atoms. The van der Waals surface area contributed by atoms with E-state index in [1.165, 1.54) is 17.0 Å². The van der Waals surface area contributed by atoms with Crippen LogP contribution in [0, 0.1) is 5.82 Å². The standard InChI is InChI=1S/C19H21ClFN3O/c1-14(19(25)22-17-6-3-5-16(21)13-17)23-8-10-24(11-9-23)18-7-2-4-15(20)12-18/h2-7,12-14H,8-11H2,1H3,(H,22,25)/p+1/t14-/m1/s1. The van der Waals surface area contributed by atoms with Crippen molar-refractivity contribution in [2.24, 2.45) is 0 Å². The second-order valence-electron chi connectivity index (χ2n) is 6.35. The van der Waals surface area contributed by atoms with Crippen LogP contribution in [0.1, 0.15) is 6.92 Å². The second kappa shape index (κ2) is 7.85. The third kappa shape index (κ3) is 4.50. The number of halogens is 2. The molecule has 0 radical (unpaired) electrons. The number of piperazine rings is 1. The molecule has 6 heteroatoms. The lowest BCUT2D eigenvalue weighted by atomic mass is 10.2. The maximum atomic E-state index is 13.2. The fourth-order valence-corrected chi connectivity index (χ4v) is 3.34. The zero-order valence-electron chi connectivity index (χ0n) is 14.1. The van der Waals surface area contributed by atoms with Gasteiger partial charge in [-0.2, -0.15) is 0 Å². The summed E-state index contributed by atoms with van der Waals surface area (Å²) in [5, 5.41) is 3.53. The average Bonchev–Trinajstić information content (AvgIpc) is 2.61. The summed E-state index contributed by atoms with van der Waals surface area (Å²) in [5.41, 5.74) is 1.61. The minimum Gasteiger partial charge on any atom is -0.360 e. The van der Waals surface area contributed by atoms with Crippen molar-refractivity contribution < 1.29 is 14.1 Å². The molecule has 0 aromatic heterocycles. The number of amides is 1. The van der Waals surface area contributed by atoms with Crippen LogP contribution in [0.5, 0.6) is 0 Å². The molecule has 2 aromatic rings. The largest absolute Gasteiger partial charge is 0.360 e. The molecule has 1 saturated heterocycles. The first-order valence-corrected chi connectivity index (χ1v) is 8.82. The van der Waals surface area contributed by atoms with Crippen molar-refractivity contribution >= 4 is 28.9 Å². The number of rotatable bonds is 4. The van der Waals surface area contributed by atoms with Crippen molar-refractivity contribution in [1.82, 2.24) is 0 Å². The lowest BCUT2D eigenvalue weighted by Gasteiger charge is -2.36. The van der Waals surface area contributed by atoms with Crippen LogP contribution >= 0.6 is 11.6 Å². The minimum absolute atomic E-state index is 0.0863. The molecule has 1 aliphatic heterocycles. The van der Waals surface area contributed by atoms with Crippen molar-refractivity contribution in [2.75, 3.05) is 36.4 Å². The van der Waals surface area contributed by atoms with Crippen LogP contribution in [0.4, 0.5) is 15.8 Å².